The zero-order chi connectivity index (χ0) is 15.6. The van der Waals surface area contributed by atoms with Crippen LogP contribution in [0.1, 0.15) is 23.1 Å². The number of amides is 1. The molecule has 1 atom stereocenters. The molecule has 8 heteroatoms. The Morgan fingerprint density at radius 3 is 3.26 bits per heavy atom. The molecule has 4 rings (SSSR count). The number of aromatic nitrogens is 3. The van der Waals surface area contributed by atoms with E-state index in [9.17, 15) is 4.79 Å². The van der Waals surface area contributed by atoms with Crippen molar-refractivity contribution < 1.29 is 4.79 Å². The van der Waals surface area contributed by atoms with Gasteiger partial charge in [0.2, 0.25) is 5.91 Å². The molecule has 1 aliphatic heterocycles. The lowest BCUT2D eigenvalue weighted by Gasteiger charge is -2.21. The lowest BCUT2D eigenvalue weighted by atomic mass is 10.1. The number of nitrogens with one attached hydrogen (secondary N) is 3. The summed E-state index contributed by atoms with van der Waals surface area (Å²) in [6.45, 7) is 1.20. The van der Waals surface area contributed by atoms with Crippen LogP contribution in [0.25, 0.3) is 9.88 Å². The Balaban J connectivity index is 1.41. The monoisotopic (exact) mass is 345 g/mol. The second-order valence-electron chi connectivity index (χ2n) is 5.24. The summed E-state index contributed by atoms with van der Waals surface area (Å²) in [6.07, 6.45) is 2.51. The van der Waals surface area contributed by atoms with Gasteiger partial charge in [0.25, 0.3) is 0 Å². The van der Waals surface area contributed by atoms with Crippen molar-refractivity contribution in [3.63, 3.8) is 0 Å². The largest absolute Gasteiger partial charge is 0.349 e. The van der Waals surface area contributed by atoms with Gasteiger partial charge in [-0.15, -0.1) is 22.7 Å². The molecule has 0 saturated carbocycles. The normalized spacial score (nSPS) is 17.0. The molecule has 1 amide bonds. The van der Waals surface area contributed by atoms with Gasteiger partial charge in [0, 0.05) is 24.0 Å². The first-order valence-corrected chi connectivity index (χ1v) is 9.09. The molecule has 3 N–H and O–H groups in total. The van der Waals surface area contributed by atoms with Crippen LogP contribution >= 0.6 is 22.7 Å². The molecule has 23 heavy (non-hydrogen) atoms. The van der Waals surface area contributed by atoms with Crippen LogP contribution in [0, 0.1) is 0 Å². The van der Waals surface area contributed by atoms with Crippen molar-refractivity contribution in [3.8, 4) is 9.88 Å². The summed E-state index contributed by atoms with van der Waals surface area (Å²) in [6, 6.07) is 3.68. The molecule has 0 fully saturated rings. The second-order valence-corrected chi connectivity index (χ2v) is 7.05. The minimum Gasteiger partial charge on any atom is -0.349 e. The number of carbonyl (C=O) groups is 1. The molecule has 0 radical (unpaired) electrons. The van der Waals surface area contributed by atoms with Crippen LogP contribution in [0.5, 0.6) is 0 Å². The van der Waals surface area contributed by atoms with Gasteiger partial charge in [-0.1, -0.05) is 6.07 Å². The first kappa shape index (κ1) is 14.6. The minimum absolute atomic E-state index is 0.0660. The fraction of sp³-hybridized carbons (Fsp3) is 0.267. The molecule has 0 saturated heterocycles. The Morgan fingerprint density at radius 2 is 2.39 bits per heavy atom. The number of carbonyl (C=O) groups excluding carboxylic acids is 1. The van der Waals surface area contributed by atoms with Crippen molar-refractivity contribution in [1.29, 1.82) is 0 Å². The zero-order valence-electron chi connectivity index (χ0n) is 12.2. The number of fused-ring (bicyclic) bond motifs is 1. The highest BCUT2D eigenvalue weighted by Gasteiger charge is 2.28. The summed E-state index contributed by atoms with van der Waals surface area (Å²) in [7, 11) is 0. The summed E-state index contributed by atoms with van der Waals surface area (Å²) >= 11 is 3.27. The van der Waals surface area contributed by atoms with Gasteiger partial charge in [-0.3, -0.25) is 4.79 Å². The van der Waals surface area contributed by atoms with Crippen LogP contribution in [0.4, 0.5) is 0 Å². The van der Waals surface area contributed by atoms with E-state index in [4.69, 9.17) is 0 Å². The van der Waals surface area contributed by atoms with E-state index in [1.165, 1.54) is 0 Å². The molecule has 0 aromatic carbocycles. The Morgan fingerprint density at radius 1 is 1.43 bits per heavy atom. The van der Waals surface area contributed by atoms with E-state index in [-0.39, 0.29) is 11.9 Å². The van der Waals surface area contributed by atoms with Crippen molar-refractivity contribution in [2.45, 2.75) is 19.0 Å². The maximum absolute atomic E-state index is 12.4. The Labute approximate surface area is 141 Å². The van der Waals surface area contributed by atoms with Gasteiger partial charge >= 0.3 is 0 Å². The van der Waals surface area contributed by atoms with Crippen molar-refractivity contribution in [1.82, 2.24) is 25.6 Å². The third-order valence-corrected chi connectivity index (χ3v) is 5.67. The standard InChI is InChI=1S/C15H15N5OS2/c21-14(13-12-10(3-4-16-13)18-8-19-12)17-6-9-7-23-15(20-9)11-2-1-5-22-11/h1-2,5,7-8,13,16H,3-4,6H2,(H,17,21)(H,18,19). The quantitative estimate of drug-likeness (QED) is 0.676. The fourth-order valence-corrected chi connectivity index (χ4v) is 4.25. The Bertz CT molecular complexity index is 808. The van der Waals surface area contributed by atoms with Crippen LogP contribution in [-0.4, -0.2) is 27.4 Å². The van der Waals surface area contributed by atoms with Gasteiger partial charge in [0.05, 0.1) is 29.1 Å². The third kappa shape index (κ3) is 2.92. The van der Waals surface area contributed by atoms with E-state index in [1.54, 1.807) is 29.0 Å². The number of hydrogen-bond donors (Lipinski definition) is 3. The van der Waals surface area contributed by atoms with E-state index in [0.717, 1.165) is 39.9 Å². The van der Waals surface area contributed by atoms with Gasteiger partial charge in [-0.2, -0.15) is 0 Å². The molecule has 118 valence electrons. The number of rotatable bonds is 4. The maximum atomic E-state index is 12.4. The lowest BCUT2D eigenvalue weighted by Crippen LogP contribution is -2.41. The van der Waals surface area contributed by atoms with Crippen LogP contribution < -0.4 is 10.6 Å². The number of imidazole rings is 1. The van der Waals surface area contributed by atoms with Crippen LogP contribution in [-0.2, 0) is 17.8 Å². The summed E-state index contributed by atoms with van der Waals surface area (Å²) in [5, 5.41) is 11.2. The predicted molar refractivity (Wildman–Crippen MR) is 90.3 cm³/mol. The SMILES string of the molecule is O=C(NCc1csc(-c2cccs2)n1)C1NCCc2[nH]cnc21. The summed E-state index contributed by atoms with van der Waals surface area (Å²) < 4.78 is 0. The molecule has 3 aromatic rings. The smallest absolute Gasteiger partial charge is 0.243 e. The second kappa shape index (κ2) is 6.23. The van der Waals surface area contributed by atoms with Gasteiger partial charge in [0.15, 0.2) is 0 Å². The molecule has 4 heterocycles. The molecular formula is C15H15N5OS2. The first-order valence-electron chi connectivity index (χ1n) is 7.33. The van der Waals surface area contributed by atoms with Crippen LogP contribution in [0.3, 0.4) is 0 Å². The molecule has 1 aliphatic rings. The number of nitrogens with zero attached hydrogens (tertiary/aromatic N) is 2. The third-order valence-electron chi connectivity index (χ3n) is 3.74. The number of thiazole rings is 1. The zero-order valence-corrected chi connectivity index (χ0v) is 13.8. The van der Waals surface area contributed by atoms with Crippen molar-refractivity contribution in [2.75, 3.05) is 6.54 Å². The predicted octanol–water partition coefficient (Wildman–Crippen LogP) is 2.10. The average Bonchev–Trinajstić information content (AvgIpc) is 3.32. The molecule has 6 nitrogen and oxygen atoms in total. The van der Waals surface area contributed by atoms with Crippen LogP contribution in [0.2, 0.25) is 0 Å². The Kier molecular flexibility index (Phi) is 3.94. The van der Waals surface area contributed by atoms with Gasteiger partial charge in [-0.25, -0.2) is 9.97 Å². The average molecular weight is 345 g/mol. The minimum atomic E-state index is -0.389. The van der Waals surface area contributed by atoms with Crippen molar-refractivity contribution >= 4 is 28.6 Å². The molecular weight excluding hydrogens is 330 g/mol. The molecule has 3 aromatic heterocycles. The van der Waals surface area contributed by atoms with Crippen molar-refractivity contribution in [2.24, 2.45) is 0 Å². The molecule has 1 unspecified atom stereocenters. The molecule has 0 spiro atoms. The Hall–Kier alpha value is -2.03. The first-order chi connectivity index (χ1) is 11.3. The lowest BCUT2D eigenvalue weighted by molar-refractivity contribution is -0.123. The van der Waals surface area contributed by atoms with E-state index < -0.39 is 0 Å². The van der Waals surface area contributed by atoms with Gasteiger partial charge < -0.3 is 15.6 Å². The highest BCUT2D eigenvalue weighted by atomic mass is 32.1. The summed E-state index contributed by atoms with van der Waals surface area (Å²) in [4.78, 5) is 25.5. The topological polar surface area (TPSA) is 82.7 Å². The van der Waals surface area contributed by atoms with E-state index >= 15 is 0 Å². The molecule has 0 aliphatic carbocycles. The number of aromatic amines is 1. The van der Waals surface area contributed by atoms with Gasteiger partial charge in [-0.05, 0) is 11.4 Å². The van der Waals surface area contributed by atoms with E-state index in [1.807, 2.05) is 16.8 Å². The van der Waals surface area contributed by atoms with Crippen molar-refractivity contribution in [3.05, 3.63) is 46.3 Å². The highest BCUT2D eigenvalue weighted by Crippen LogP contribution is 2.27. The molecule has 0 bridgehead atoms. The number of H-pyrrole nitrogens is 1. The van der Waals surface area contributed by atoms with E-state index in [2.05, 4.69) is 31.7 Å². The number of hydrogen-bond acceptors (Lipinski definition) is 6. The van der Waals surface area contributed by atoms with Crippen LogP contribution in [0.15, 0.2) is 29.2 Å². The van der Waals surface area contributed by atoms with E-state index in [0.29, 0.717) is 6.54 Å². The fourth-order valence-electron chi connectivity index (χ4n) is 2.62. The summed E-state index contributed by atoms with van der Waals surface area (Å²) in [5.74, 6) is -0.0660. The highest BCUT2D eigenvalue weighted by molar-refractivity contribution is 7.20. The maximum Gasteiger partial charge on any atom is 0.243 e. The summed E-state index contributed by atoms with van der Waals surface area (Å²) in [5.41, 5.74) is 2.72. The number of thiophene rings is 1. The van der Waals surface area contributed by atoms with Gasteiger partial charge in [0.1, 0.15) is 11.0 Å².